The van der Waals surface area contributed by atoms with E-state index < -0.39 is 5.82 Å². The number of carbonyl (C=O) groups is 1. The molecular weight excluding hydrogens is 335 g/mol. The van der Waals surface area contributed by atoms with Crippen LogP contribution in [0.1, 0.15) is 34.5 Å². The SMILES string of the molecule is CC(NC(=O)c1cc(F)cc(Br)c1)c1ccc(C#N)cc1. The highest BCUT2D eigenvalue weighted by atomic mass is 79.9. The fraction of sp³-hybridized carbons (Fsp3) is 0.125. The average molecular weight is 347 g/mol. The van der Waals surface area contributed by atoms with Gasteiger partial charge in [0.25, 0.3) is 5.91 Å². The van der Waals surface area contributed by atoms with Crippen LogP contribution in [0.2, 0.25) is 0 Å². The van der Waals surface area contributed by atoms with Crippen LogP contribution in [0.15, 0.2) is 46.9 Å². The lowest BCUT2D eigenvalue weighted by Gasteiger charge is -2.14. The van der Waals surface area contributed by atoms with E-state index in [0.29, 0.717) is 10.0 Å². The summed E-state index contributed by atoms with van der Waals surface area (Å²) in [6.07, 6.45) is 0. The highest BCUT2D eigenvalue weighted by Crippen LogP contribution is 2.17. The predicted molar refractivity (Wildman–Crippen MR) is 81.1 cm³/mol. The number of rotatable bonds is 3. The molecule has 2 rings (SSSR count). The first kappa shape index (κ1) is 15.2. The van der Waals surface area contributed by atoms with Gasteiger partial charge in [0.2, 0.25) is 0 Å². The summed E-state index contributed by atoms with van der Waals surface area (Å²) in [5, 5.41) is 11.5. The molecule has 0 radical (unpaired) electrons. The summed E-state index contributed by atoms with van der Waals surface area (Å²) in [4.78, 5) is 12.1. The van der Waals surface area contributed by atoms with Crippen molar-refractivity contribution in [1.82, 2.24) is 5.32 Å². The van der Waals surface area contributed by atoms with E-state index in [1.54, 1.807) is 30.3 Å². The molecule has 2 aromatic carbocycles. The van der Waals surface area contributed by atoms with Gasteiger partial charge in [-0.2, -0.15) is 5.26 Å². The second-order valence-electron chi connectivity index (χ2n) is 4.59. The topological polar surface area (TPSA) is 52.9 Å². The van der Waals surface area contributed by atoms with Crippen molar-refractivity contribution in [3.63, 3.8) is 0 Å². The van der Waals surface area contributed by atoms with E-state index in [9.17, 15) is 9.18 Å². The Morgan fingerprint density at radius 2 is 1.95 bits per heavy atom. The molecule has 0 bridgehead atoms. The Kier molecular flexibility index (Phi) is 4.71. The van der Waals surface area contributed by atoms with E-state index in [-0.39, 0.29) is 17.5 Å². The highest BCUT2D eigenvalue weighted by molar-refractivity contribution is 9.10. The molecule has 0 fully saturated rings. The van der Waals surface area contributed by atoms with Gasteiger partial charge in [0.15, 0.2) is 0 Å². The first-order valence-corrected chi connectivity index (χ1v) is 7.06. The van der Waals surface area contributed by atoms with Crippen molar-refractivity contribution in [2.45, 2.75) is 13.0 Å². The Morgan fingerprint density at radius 3 is 2.52 bits per heavy atom. The molecule has 21 heavy (non-hydrogen) atoms. The Labute approximate surface area is 130 Å². The predicted octanol–water partition coefficient (Wildman–Crippen LogP) is 3.95. The number of amides is 1. The minimum atomic E-state index is -0.472. The van der Waals surface area contributed by atoms with Gasteiger partial charge in [-0.25, -0.2) is 4.39 Å². The second kappa shape index (κ2) is 6.51. The van der Waals surface area contributed by atoms with Crippen LogP contribution < -0.4 is 5.32 Å². The third kappa shape index (κ3) is 3.89. The molecule has 5 heteroatoms. The number of nitriles is 1. The van der Waals surface area contributed by atoms with Crippen LogP contribution in [0.4, 0.5) is 4.39 Å². The van der Waals surface area contributed by atoms with Crippen LogP contribution in [0, 0.1) is 17.1 Å². The van der Waals surface area contributed by atoms with E-state index in [0.717, 1.165) is 5.56 Å². The van der Waals surface area contributed by atoms with E-state index in [2.05, 4.69) is 21.2 Å². The maximum absolute atomic E-state index is 13.3. The molecule has 2 aromatic rings. The fourth-order valence-corrected chi connectivity index (χ4v) is 2.36. The number of hydrogen-bond acceptors (Lipinski definition) is 2. The maximum atomic E-state index is 13.3. The third-order valence-corrected chi connectivity index (χ3v) is 3.47. The van der Waals surface area contributed by atoms with Gasteiger partial charge in [-0.1, -0.05) is 28.1 Å². The molecule has 0 saturated heterocycles. The summed E-state index contributed by atoms with van der Waals surface area (Å²) in [5.74, 6) is -0.826. The number of halogens is 2. The van der Waals surface area contributed by atoms with Crippen LogP contribution in [-0.4, -0.2) is 5.91 Å². The van der Waals surface area contributed by atoms with Crippen LogP contribution in [0.5, 0.6) is 0 Å². The van der Waals surface area contributed by atoms with Gasteiger partial charge in [0.1, 0.15) is 5.82 Å². The molecule has 1 unspecified atom stereocenters. The molecule has 0 aliphatic carbocycles. The summed E-state index contributed by atoms with van der Waals surface area (Å²) in [7, 11) is 0. The normalized spacial score (nSPS) is 11.5. The monoisotopic (exact) mass is 346 g/mol. The molecule has 1 atom stereocenters. The number of nitrogens with one attached hydrogen (secondary N) is 1. The Hall–Kier alpha value is -2.19. The number of benzene rings is 2. The van der Waals surface area contributed by atoms with Gasteiger partial charge >= 0.3 is 0 Å². The van der Waals surface area contributed by atoms with Gasteiger partial charge < -0.3 is 5.32 Å². The summed E-state index contributed by atoms with van der Waals surface area (Å²) >= 11 is 3.16. The molecule has 0 aliphatic heterocycles. The van der Waals surface area contributed by atoms with E-state index in [1.807, 2.05) is 13.0 Å². The number of carbonyl (C=O) groups excluding carboxylic acids is 1. The first-order chi connectivity index (χ1) is 9.99. The standard InChI is InChI=1S/C16H12BrFN2O/c1-10(12-4-2-11(9-19)3-5-12)20-16(21)13-6-14(17)8-15(18)7-13/h2-8,10H,1H3,(H,20,21). The van der Waals surface area contributed by atoms with Crippen LogP contribution in [0.3, 0.4) is 0 Å². The van der Waals surface area contributed by atoms with E-state index in [4.69, 9.17) is 5.26 Å². The lowest BCUT2D eigenvalue weighted by molar-refractivity contribution is 0.0939. The molecule has 106 valence electrons. The number of hydrogen-bond donors (Lipinski definition) is 1. The van der Waals surface area contributed by atoms with Crippen molar-refractivity contribution in [1.29, 1.82) is 5.26 Å². The van der Waals surface area contributed by atoms with Crippen molar-refractivity contribution in [2.75, 3.05) is 0 Å². The lowest BCUT2D eigenvalue weighted by atomic mass is 10.1. The van der Waals surface area contributed by atoms with Crippen LogP contribution in [-0.2, 0) is 0 Å². The Morgan fingerprint density at radius 1 is 1.29 bits per heavy atom. The minimum Gasteiger partial charge on any atom is -0.346 e. The molecule has 0 spiro atoms. The largest absolute Gasteiger partial charge is 0.346 e. The van der Waals surface area contributed by atoms with Crippen LogP contribution in [0.25, 0.3) is 0 Å². The van der Waals surface area contributed by atoms with Gasteiger partial charge in [0.05, 0.1) is 17.7 Å². The molecular formula is C16H12BrFN2O. The van der Waals surface area contributed by atoms with Crippen molar-refractivity contribution in [3.8, 4) is 6.07 Å². The average Bonchev–Trinajstić information content (AvgIpc) is 2.46. The zero-order chi connectivity index (χ0) is 15.4. The molecule has 0 aliphatic rings. The van der Waals surface area contributed by atoms with Crippen molar-refractivity contribution >= 4 is 21.8 Å². The fourth-order valence-electron chi connectivity index (χ4n) is 1.89. The Balaban J connectivity index is 2.12. The van der Waals surface area contributed by atoms with E-state index >= 15 is 0 Å². The summed E-state index contributed by atoms with van der Waals surface area (Å²) in [6, 6.07) is 12.8. The highest BCUT2D eigenvalue weighted by Gasteiger charge is 2.13. The lowest BCUT2D eigenvalue weighted by Crippen LogP contribution is -2.26. The van der Waals surface area contributed by atoms with Gasteiger partial charge in [-0.3, -0.25) is 4.79 Å². The van der Waals surface area contributed by atoms with Gasteiger partial charge in [-0.05, 0) is 42.8 Å². The summed E-state index contributed by atoms with van der Waals surface area (Å²) in [6.45, 7) is 1.83. The third-order valence-electron chi connectivity index (χ3n) is 3.01. The first-order valence-electron chi connectivity index (χ1n) is 6.26. The zero-order valence-corrected chi connectivity index (χ0v) is 12.8. The molecule has 3 nitrogen and oxygen atoms in total. The van der Waals surface area contributed by atoms with Gasteiger partial charge in [-0.15, -0.1) is 0 Å². The maximum Gasteiger partial charge on any atom is 0.251 e. The van der Waals surface area contributed by atoms with Crippen molar-refractivity contribution in [2.24, 2.45) is 0 Å². The zero-order valence-electron chi connectivity index (χ0n) is 11.2. The summed E-state index contributed by atoms with van der Waals surface area (Å²) in [5.41, 5.74) is 1.69. The summed E-state index contributed by atoms with van der Waals surface area (Å²) < 4.78 is 13.8. The molecule has 0 aromatic heterocycles. The van der Waals surface area contributed by atoms with Gasteiger partial charge in [0, 0.05) is 10.0 Å². The number of nitrogens with zero attached hydrogens (tertiary/aromatic N) is 1. The molecule has 1 N–H and O–H groups in total. The van der Waals surface area contributed by atoms with Crippen LogP contribution >= 0.6 is 15.9 Å². The smallest absolute Gasteiger partial charge is 0.251 e. The van der Waals surface area contributed by atoms with E-state index in [1.165, 1.54) is 12.1 Å². The van der Waals surface area contributed by atoms with Crippen molar-refractivity contribution in [3.05, 3.63) is 69.4 Å². The molecule has 1 amide bonds. The molecule has 0 heterocycles. The Bertz CT molecular complexity index is 687. The van der Waals surface area contributed by atoms with Crippen molar-refractivity contribution < 1.29 is 9.18 Å². The molecule has 0 saturated carbocycles. The second-order valence-corrected chi connectivity index (χ2v) is 5.50. The minimum absolute atomic E-state index is 0.243. The quantitative estimate of drug-likeness (QED) is 0.914.